The fraction of sp³-hybridized carbons (Fsp3) is 0.528. The van der Waals surface area contributed by atoms with Crippen LogP contribution in [-0.2, 0) is 25.8 Å². The molecule has 3 aromatic rings. The summed E-state index contributed by atoms with van der Waals surface area (Å²) in [6.45, 7) is 3.70. The number of hydrogen-bond acceptors (Lipinski definition) is 10. The first-order valence-electron chi connectivity index (χ1n) is 17.7. The van der Waals surface area contributed by atoms with E-state index in [4.69, 9.17) is 9.47 Å². The van der Waals surface area contributed by atoms with Gasteiger partial charge in [0.25, 0.3) is 5.91 Å². The van der Waals surface area contributed by atoms with Gasteiger partial charge in [0.05, 0.1) is 23.9 Å². The van der Waals surface area contributed by atoms with E-state index in [9.17, 15) is 36.0 Å². The number of likely N-dealkylation sites (N-methyl/N-ethyl adjacent to an activating group) is 1. The Bertz CT molecular complexity index is 2150. The van der Waals surface area contributed by atoms with Crippen molar-refractivity contribution in [3.63, 3.8) is 0 Å². The third-order valence-corrected chi connectivity index (χ3v) is 13.9. The molecule has 2 aliphatic carbocycles. The normalized spacial score (nSPS) is 26.3. The van der Waals surface area contributed by atoms with E-state index in [0.717, 1.165) is 23.1 Å². The van der Waals surface area contributed by atoms with Gasteiger partial charge in [0.2, 0.25) is 15.9 Å². The van der Waals surface area contributed by atoms with Crippen LogP contribution in [0.25, 0.3) is 21.6 Å². The molecule has 54 heavy (non-hydrogen) atoms. The molecule has 4 heterocycles. The van der Waals surface area contributed by atoms with Gasteiger partial charge in [-0.3, -0.25) is 14.3 Å². The number of allylic oxidation sites excluding steroid dienone is 1. The number of fused-ring (bicyclic) bond motifs is 3. The van der Waals surface area contributed by atoms with E-state index in [1.54, 1.807) is 37.9 Å². The van der Waals surface area contributed by atoms with E-state index in [-0.39, 0.29) is 41.7 Å². The first kappa shape index (κ1) is 37.8. The highest BCUT2D eigenvalue weighted by Crippen LogP contribution is 2.48. The lowest BCUT2D eigenvalue weighted by atomic mass is 10.1. The zero-order chi connectivity index (χ0) is 38.8. The topological polar surface area (TPSA) is 160 Å². The number of benzene rings is 1. The zero-order valence-corrected chi connectivity index (χ0v) is 31.8. The van der Waals surface area contributed by atoms with E-state index in [0.29, 0.717) is 54.4 Å². The summed E-state index contributed by atoms with van der Waals surface area (Å²) in [5.74, 6) is -0.892. The molecule has 2 N–H and O–H groups in total. The lowest BCUT2D eigenvalue weighted by Gasteiger charge is -2.30. The molecule has 1 saturated heterocycles. The number of rotatable bonds is 7. The Kier molecular flexibility index (Phi) is 9.59. The van der Waals surface area contributed by atoms with Crippen LogP contribution >= 0.6 is 11.3 Å². The molecule has 0 radical (unpaired) electrons. The first-order chi connectivity index (χ1) is 25.4. The maximum Gasteiger partial charge on any atom is 0.434 e. The minimum Gasteiger partial charge on any atom is -0.497 e. The summed E-state index contributed by atoms with van der Waals surface area (Å²) in [6, 6.07) is 3.18. The van der Waals surface area contributed by atoms with Gasteiger partial charge in [-0.2, -0.15) is 13.2 Å². The number of carbonyl (C=O) groups excluding carboxylic acids is 3. The summed E-state index contributed by atoms with van der Waals surface area (Å²) in [7, 11) is -0.850. The van der Waals surface area contributed by atoms with Crippen LogP contribution in [0.2, 0.25) is 0 Å². The van der Waals surface area contributed by atoms with Gasteiger partial charge < -0.3 is 24.6 Å². The molecule has 2 aromatic heterocycles. The predicted molar refractivity (Wildman–Crippen MR) is 193 cm³/mol. The van der Waals surface area contributed by atoms with Crippen molar-refractivity contribution >= 4 is 50.1 Å². The number of nitrogens with one attached hydrogen (secondary N) is 2. The Balaban J connectivity index is 1.22. The van der Waals surface area contributed by atoms with Crippen LogP contribution in [0.1, 0.15) is 63.1 Å². The van der Waals surface area contributed by atoms with Crippen LogP contribution in [0.3, 0.4) is 0 Å². The van der Waals surface area contributed by atoms with Crippen molar-refractivity contribution in [2.45, 2.75) is 87.4 Å². The number of carbonyl (C=O) groups is 3. The van der Waals surface area contributed by atoms with Gasteiger partial charge in [-0.25, -0.2) is 23.2 Å². The fourth-order valence-electron chi connectivity index (χ4n) is 7.07. The third kappa shape index (κ3) is 7.09. The highest BCUT2D eigenvalue weighted by molar-refractivity contribution is 7.91. The third-order valence-electron chi connectivity index (χ3n) is 10.8. The number of methoxy groups -OCH3 is 1. The number of amides is 4. The van der Waals surface area contributed by atoms with Crippen LogP contribution < -0.4 is 19.5 Å². The van der Waals surface area contributed by atoms with Crippen molar-refractivity contribution in [2.75, 3.05) is 27.2 Å². The molecule has 4 amide bonds. The molecule has 4 atom stereocenters. The quantitative estimate of drug-likeness (QED) is 0.308. The predicted octanol–water partition coefficient (Wildman–Crippen LogP) is 5.18. The van der Waals surface area contributed by atoms with E-state index in [2.05, 4.69) is 20.0 Å². The number of alkyl halides is 3. The number of aromatic nitrogens is 2. The summed E-state index contributed by atoms with van der Waals surface area (Å²) in [6.07, 6.45) is 1.54. The second-order valence-corrected chi connectivity index (χ2v) is 17.9. The number of nitrogens with zero attached hydrogens (tertiary/aromatic N) is 4. The van der Waals surface area contributed by atoms with E-state index in [1.165, 1.54) is 18.1 Å². The smallest absolute Gasteiger partial charge is 0.434 e. The van der Waals surface area contributed by atoms with E-state index >= 15 is 0 Å². The Morgan fingerprint density at radius 2 is 1.91 bits per heavy atom. The van der Waals surface area contributed by atoms with Gasteiger partial charge >= 0.3 is 12.2 Å². The van der Waals surface area contributed by atoms with Crippen LogP contribution in [-0.4, -0.2) is 95.7 Å². The van der Waals surface area contributed by atoms with Gasteiger partial charge in [0.15, 0.2) is 5.69 Å². The molecule has 4 aliphatic rings. The summed E-state index contributed by atoms with van der Waals surface area (Å²) in [5, 5.41) is 4.25. The minimum atomic E-state index is -4.64. The standard InChI is InChI=1S/C36H41F3N6O7S2/c1-20-13-22(51-4)14-24-27(16-25(40-29(20)24)30-41-28(19-53-30)36(37,38)39)52-23-15-26-31(46)44(3)12-8-6-5-7-9-21-17-35(21,42-33(48)45(26)18-23)32(47)43-54(49,50)34(2)10-11-34/h7,9,13-14,16,19,21,23,26H,5-6,8,10-12,15,17-18H2,1-4H3,(H,42,48)(H,43,47)/b9-7-/t21-,23+,26+,35-/m1/s1. The number of hydrogen-bond donors (Lipinski definition) is 2. The highest BCUT2D eigenvalue weighted by atomic mass is 32.2. The van der Waals surface area contributed by atoms with Crippen molar-refractivity contribution in [2.24, 2.45) is 5.92 Å². The monoisotopic (exact) mass is 790 g/mol. The van der Waals surface area contributed by atoms with Crippen molar-refractivity contribution in [3.05, 3.63) is 47.0 Å². The number of pyridine rings is 1. The summed E-state index contributed by atoms with van der Waals surface area (Å²) in [5.41, 5.74) is -1.34. The SMILES string of the molecule is COc1cc(C)c2nc(-c3nc(C(F)(F)F)cs3)cc(O[C@H]3C[C@H]4C(=O)N(C)CCCC/C=C\[C@@H]5C[C@@]5(C(=O)NS(=O)(=O)C5(C)CC5)NC(=O)N4C3)c2c1. The molecule has 0 spiro atoms. The van der Waals surface area contributed by atoms with E-state index < -0.39 is 62.2 Å². The summed E-state index contributed by atoms with van der Waals surface area (Å²) < 4.78 is 79.8. The molecule has 2 saturated carbocycles. The first-order valence-corrected chi connectivity index (χ1v) is 20.1. The highest BCUT2D eigenvalue weighted by Gasteiger charge is 2.63. The largest absolute Gasteiger partial charge is 0.497 e. The molecule has 0 bridgehead atoms. The van der Waals surface area contributed by atoms with Crippen LogP contribution in [0.5, 0.6) is 11.5 Å². The molecular formula is C36H41F3N6O7S2. The number of halogens is 3. The van der Waals surface area contributed by atoms with Gasteiger partial charge in [0, 0.05) is 42.8 Å². The Hall–Kier alpha value is -4.45. The van der Waals surface area contributed by atoms with Crippen molar-refractivity contribution in [3.8, 4) is 22.2 Å². The van der Waals surface area contributed by atoms with Gasteiger partial charge in [-0.1, -0.05) is 12.2 Å². The van der Waals surface area contributed by atoms with Crippen LogP contribution in [0.4, 0.5) is 18.0 Å². The molecule has 13 nitrogen and oxygen atoms in total. The minimum absolute atomic E-state index is 0.0260. The molecule has 18 heteroatoms. The van der Waals surface area contributed by atoms with Crippen LogP contribution in [0.15, 0.2) is 35.7 Å². The number of sulfonamides is 1. The second-order valence-electron chi connectivity index (χ2n) is 14.8. The van der Waals surface area contributed by atoms with Gasteiger partial charge in [-0.15, -0.1) is 11.3 Å². The fourth-order valence-corrected chi connectivity index (χ4v) is 9.16. The summed E-state index contributed by atoms with van der Waals surface area (Å²) in [4.78, 5) is 53.2. The number of ether oxygens (including phenoxy) is 2. The lowest BCUT2D eigenvalue weighted by Crippen LogP contribution is -2.58. The maximum absolute atomic E-state index is 14.2. The number of thiazole rings is 1. The van der Waals surface area contributed by atoms with Crippen LogP contribution in [0, 0.1) is 12.8 Å². The maximum atomic E-state index is 14.2. The zero-order valence-electron chi connectivity index (χ0n) is 30.2. The molecule has 3 fully saturated rings. The molecule has 7 rings (SSSR count). The number of aryl methyl sites for hydroxylation is 1. The van der Waals surface area contributed by atoms with Crippen molar-refractivity contribution in [1.29, 1.82) is 0 Å². The van der Waals surface area contributed by atoms with Crippen molar-refractivity contribution in [1.82, 2.24) is 29.8 Å². The molecule has 2 aliphatic heterocycles. The Morgan fingerprint density at radius 1 is 1.15 bits per heavy atom. The lowest BCUT2D eigenvalue weighted by molar-refractivity contribution is -0.140. The average molecular weight is 791 g/mol. The van der Waals surface area contributed by atoms with E-state index in [1.807, 2.05) is 12.2 Å². The Morgan fingerprint density at radius 3 is 2.59 bits per heavy atom. The molecule has 0 unspecified atom stereocenters. The van der Waals surface area contributed by atoms with Crippen molar-refractivity contribution < 1.29 is 45.4 Å². The van der Waals surface area contributed by atoms with Gasteiger partial charge in [-0.05, 0) is 70.1 Å². The Labute approximate surface area is 314 Å². The average Bonchev–Trinajstić information content (AvgIpc) is 3.88. The molecular weight excluding hydrogens is 750 g/mol. The molecule has 1 aromatic carbocycles. The number of urea groups is 1. The molecule has 290 valence electrons. The second kappa shape index (κ2) is 13.7. The summed E-state index contributed by atoms with van der Waals surface area (Å²) >= 11 is 0.789. The van der Waals surface area contributed by atoms with Gasteiger partial charge in [0.1, 0.15) is 39.9 Å².